The third-order valence-electron chi connectivity index (χ3n) is 7.94. The zero-order valence-electron chi connectivity index (χ0n) is 26.6. The maximum Gasteiger partial charge on any atom is 0.0786 e. The molecule has 0 aliphatic carbocycles. The standard InChI is InChI=1S/C32H68N.C2H4O2/c1-5-9-13-17-21-25-29-33(30-26-22-18-14-10-6-2,31-27-23-19-15-11-7-3)32-28-24-20-16-12-8-4;1-2(3)4/h5-32H2,1-4H3;1H3,(H,3,4)/q+1;/p-1. The van der Waals surface area contributed by atoms with E-state index in [0.717, 1.165) is 6.92 Å². The molecule has 0 aliphatic heterocycles. The van der Waals surface area contributed by atoms with Gasteiger partial charge in [-0.2, -0.15) is 0 Å². The summed E-state index contributed by atoms with van der Waals surface area (Å²) in [4.78, 5) is 8.89. The molecule has 37 heavy (non-hydrogen) atoms. The molecular formula is C34H71NO2. The van der Waals surface area contributed by atoms with Crippen molar-refractivity contribution in [3.8, 4) is 0 Å². The number of rotatable bonds is 28. The first-order chi connectivity index (χ1) is 18.0. The maximum atomic E-state index is 8.89. The number of quaternary nitrogens is 1. The molecule has 0 N–H and O–H groups in total. The average molecular weight is 526 g/mol. The van der Waals surface area contributed by atoms with Crippen LogP contribution in [0.25, 0.3) is 0 Å². The first-order valence-corrected chi connectivity index (χ1v) is 17.0. The molecule has 3 nitrogen and oxygen atoms in total. The highest BCUT2D eigenvalue weighted by molar-refractivity contribution is 5.60. The molecule has 0 bridgehead atoms. The van der Waals surface area contributed by atoms with Gasteiger partial charge >= 0.3 is 0 Å². The van der Waals surface area contributed by atoms with Crippen molar-refractivity contribution in [3.05, 3.63) is 0 Å². The van der Waals surface area contributed by atoms with E-state index in [1.165, 1.54) is 185 Å². The van der Waals surface area contributed by atoms with E-state index in [2.05, 4.69) is 27.7 Å². The van der Waals surface area contributed by atoms with Crippen LogP contribution in [0.15, 0.2) is 0 Å². The first-order valence-electron chi connectivity index (χ1n) is 17.0. The summed E-state index contributed by atoms with van der Waals surface area (Å²) in [6, 6.07) is 0. The summed E-state index contributed by atoms with van der Waals surface area (Å²) >= 11 is 0. The molecule has 0 aromatic heterocycles. The van der Waals surface area contributed by atoms with Crippen molar-refractivity contribution in [2.24, 2.45) is 0 Å². The molecule has 3 heteroatoms. The fraction of sp³-hybridized carbons (Fsp3) is 0.971. The summed E-state index contributed by atoms with van der Waals surface area (Å²) in [6.07, 6.45) is 34.8. The monoisotopic (exact) mass is 526 g/mol. The van der Waals surface area contributed by atoms with Crippen LogP contribution < -0.4 is 5.11 Å². The Morgan fingerprint density at radius 2 is 0.568 bits per heavy atom. The van der Waals surface area contributed by atoms with Crippen molar-refractivity contribution < 1.29 is 14.4 Å². The molecule has 0 atom stereocenters. The van der Waals surface area contributed by atoms with Crippen LogP contribution in [-0.2, 0) is 4.79 Å². The highest BCUT2D eigenvalue weighted by Crippen LogP contribution is 2.20. The number of aliphatic carboxylic acids is 1. The van der Waals surface area contributed by atoms with E-state index < -0.39 is 5.97 Å². The summed E-state index contributed by atoms with van der Waals surface area (Å²) in [5.41, 5.74) is 0. The molecular weight excluding hydrogens is 454 g/mol. The lowest BCUT2D eigenvalue weighted by molar-refractivity contribution is -0.929. The second kappa shape index (κ2) is 31.6. The second-order valence-corrected chi connectivity index (χ2v) is 11.8. The summed E-state index contributed by atoms with van der Waals surface area (Å²) in [5.74, 6) is -1.08. The lowest BCUT2D eigenvalue weighted by Gasteiger charge is -2.40. The molecule has 0 aliphatic rings. The molecule has 0 aromatic rings. The highest BCUT2D eigenvalue weighted by atomic mass is 16.4. The quantitative estimate of drug-likeness (QED) is 0.0753. The number of carboxylic acids is 1. The van der Waals surface area contributed by atoms with Gasteiger partial charge in [-0.3, -0.25) is 0 Å². The van der Waals surface area contributed by atoms with Gasteiger partial charge in [0.25, 0.3) is 0 Å². The fourth-order valence-electron chi connectivity index (χ4n) is 5.58. The summed E-state index contributed by atoms with van der Waals surface area (Å²) in [5, 5.41) is 8.89. The van der Waals surface area contributed by atoms with Crippen LogP contribution in [0.4, 0.5) is 0 Å². The smallest absolute Gasteiger partial charge is 0.0786 e. The van der Waals surface area contributed by atoms with Gasteiger partial charge in [-0.25, -0.2) is 0 Å². The Kier molecular flexibility index (Phi) is 33.0. The summed E-state index contributed by atoms with van der Waals surface area (Å²) < 4.78 is 1.48. The minimum absolute atomic E-state index is 0.972. The van der Waals surface area contributed by atoms with Gasteiger partial charge in [0.1, 0.15) is 0 Å². The maximum absolute atomic E-state index is 8.89. The predicted molar refractivity (Wildman–Crippen MR) is 164 cm³/mol. The van der Waals surface area contributed by atoms with E-state index in [4.69, 9.17) is 9.90 Å². The molecule has 0 saturated carbocycles. The van der Waals surface area contributed by atoms with Crippen LogP contribution in [0.2, 0.25) is 0 Å². The molecule has 0 fully saturated rings. The molecule has 0 unspecified atom stereocenters. The van der Waals surface area contributed by atoms with Crippen molar-refractivity contribution in [1.29, 1.82) is 0 Å². The Balaban J connectivity index is 0. The van der Waals surface area contributed by atoms with Crippen molar-refractivity contribution in [2.75, 3.05) is 26.2 Å². The van der Waals surface area contributed by atoms with Crippen molar-refractivity contribution in [1.82, 2.24) is 0 Å². The molecule has 0 radical (unpaired) electrons. The van der Waals surface area contributed by atoms with Gasteiger partial charge in [0, 0.05) is 5.97 Å². The number of nitrogens with zero attached hydrogens (tertiary/aromatic N) is 1. The SMILES string of the molecule is CC(=O)[O-].CCCCCCCC[N+](CCCCCCCC)(CCCCCCCC)CCCCCCCC. The van der Waals surface area contributed by atoms with Gasteiger partial charge < -0.3 is 14.4 Å². The highest BCUT2D eigenvalue weighted by Gasteiger charge is 2.25. The topological polar surface area (TPSA) is 40.1 Å². The van der Waals surface area contributed by atoms with E-state index in [1.807, 2.05) is 0 Å². The van der Waals surface area contributed by atoms with Crippen LogP contribution in [-0.4, -0.2) is 36.6 Å². The van der Waals surface area contributed by atoms with Gasteiger partial charge in [-0.05, 0) is 58.3 Å². The van der Waals surface area contributed by atoms with Gasteiger partial charge in [0.2, 0.25) is 0 Å². The fourth-order valence-corrected chi connectivity index (χ4v) is 5.58. The van der Waals surface area contributed by atoms with Crippen LogP contribution >= 0.6 is 0 Å². The van der Waals surface area contributed by atoms with Gasteiger partial charge in [0.15, 0.2) is 0 Å². The van der Waals surface area contributed by atoms with E-state index in [1.54, 1.807) is 0 Å². The Hall–Kier alpha value is -0.570. The third-order valence-corrected chi connectivity index (χ3v) is 7.94. The number of carbonyl (C=O) groups is 1. The Morgan fingerprint density at radius 1 is 0.405 bits per heavy atom. The van der Waals surface area contributed by atoms with Crippen molar-refractivity contribution >= 4 is 5.97 Å². The second-order valence-electron chi connectivity index (χ2n) is 11.8. The Labute approximate surface area is 235 Å². The van der Waals surface area contributed by atoms with Crippen LogP contribution in [0, 0.1) is 0 Å². The first kappa shape index (κ1) is 38.6. The van der Waals surface area contributed by atoms with E-state index in [0.29, 0.717) is 0 Å². The van der Waals surface area contributed by atoms with E-state index >= 15 is 0 Å². The number of hydrogen-bond acceptors (Lipinski definition) is 2. The van der Waals surface area contributed by atoms with E-state index in [-0.39, 0.29) is 0 Å². The lowest BCUT2D eigenvalue weighted by atomic mass is 10.0. The zero-order chi connectivity index (χ0) is 27.9. The molecule has 0 rings (SSSR count). The van der Waals surface area contributed by atoms with Gasteiger partial charge in [-0.15, -0.1) is 0 Å². The Bertz CT molecular complexity index is 364. The average Bonchev–Trinajstić information content (AvgIpc) is 2.87. The molecule has 0 amide bonds. The number of unbranched alkanes of at least 4 members (excludes halogenated alkanes) is 20. The number of carbonyl (C=O) groups excluding carboxylic acids is 1. The van der Waals surface area contributed by atoms with Crippen LogP contribution in [0.3, 0.4) is 0 Å². The summed E-state index contributed by atoms with van der Waals surface area (Å²) in [6.45, 7) is 16.2. The van der Waals surface area contributed by atoms with Gasteiger partial charge in [0.05, 0.1) is 26.2 Å². The van der Waals surface area contributed by atoms with Crippen molar-refractivity contribution in [3.63, 3.8) is 0 Å². The minimum Gasteiger partial charge on any atom is -0.550 e. The minimum atomic E-state index is -1.08. The normalized spacial score (nSPS) is 11.4. The summed E-state index contributed by atoms with van der Waals surface area (Å²) in [7, 11) is 0. The zero-order valence-corrected chi connectivity index (χ0v) is 26.6. The molecule has 0 heterocycles. The van der Waals surface area contributed by atoms with Crippen molar-refractivity contribution in [2.45, 2.75) is 189 Å². The lowest BCUT2D eigenvalue weighted by Crippen LogP contribution is -2.50. The van der Waals surface area contributed by atoms with Crippen LogP contribution in [0.5, 0.6) is 0 Å². The third kappa shape index (κ3) is 31.5. The van der Waals surface area contributed by atoms with Gasteiger partial charge in [-0.1, -0.05) is 130 Å². The molecule has 0 saturated heterocycles. The number of carboxylic acid groups (broad SMARTS) is 1. The molecule has 0 spiro atoms. The predicted octanol–water partition coefficient (Wildman–Crippen LogP) is 10.0. The van der Waals surface area contributed by atoms with E-state index in [9.17, 15) is 0 Å². The largest absolute Gasteiger partial charge is 0.550 e. The molecule has 224 valence electrons. The number of hydrogen-bond donors (Lipinski definition) is 0. The molecule has 0 aromatic carbocycles. The Morgan fingerprint density at radius 3 is 0.757 bits per heavy atom. The van der Waals surface area contributed by atoms with Crippen LogP contribution in [0.1, 0.15) is 189 Å².